The number of anilines is 1. The number of aryl methyl sites for hydroxylation is 1. The van der Waals surface area contributed by atoms with Crippen molar-refractivity contribution < 1.29 is 23.8 Å². The van der Waals surface area contributed by atoms with Crippen molar-refractivity contribution in [2.45, 2.75) is 13.0 Å². The molecule has 0 aliphatic carbocycles. The average Bonchev–Trinajstić information content (AvgIpc) is 2.62. The van der Waals surface area contributed by atoms with Crippen LogP contribution in [0.25, 0.3) is 0 Å². The molecule has 1 N–H and O–H groups in total. The van der Waals surface area contributed by atoms with Gasteiger partial charge in [0, 0.05) is 10.7 Å². The van der Waals surface area contributed by atoms with Crippen LogP contribution in [0.4, 0.5) is 5.69 Å². The molecule has 130 valence electrons. The highest BCUT2D eigenvalue weighted by Gasteiger charge is 2.29. The fourth-order valence-electron chi connectivity index (χ4n) is 2.23. The number of rotatable bonds is 4. The number of carbonyl (C=O) groups is 2. The Balaban J connectivity index is 1.50. The van der Waals surface area contributed by atoms with Gasteiger partial charge in [0.25, 0.3) is 5.91 Å². The maximum atomic E-state index is 12.0. The topological polar surface area (TPSA) is 73.9 Å². The number of para-hydroxylation sites is 2. The van der Waals surface area contributed by atoms with Crippen molar-refractivity contribution in [1.29, 1.82) is 0 Å². The summed E-state index contributed by atoms with van der Waals surface area (Å²) in [4.78, 5) is 23.9. The fraction of sp³-hybridized carbons (Fsp3) is 0.222. The Morgan fingerprint density at radius 3 is 2.76 bits per heavy atom. The van der Waals surface area contributed by atoms with Crippen LogP contribution in [0.2, 0.25) is 5.02 Å². The van der Waals surface area contributed by atoms with E-state index in [-0.39, 0.29) is 6.61 Å². The second-order valence-electron chi connectivity index (χ2n) is 5.48. The molecule has 0 saturated heterocycles. The molecule has 0 saturated carbocycles. The Hall–Kier alpha value is -2.73. The third kappa shape index (κ3) is 4.22. The molecule has 7 heteroatoms. The van der Waals surface area contributed by atoms with Gasteiger partial charge in [-0.2, -0.15) is 0 Å². The summed E-state index contributed by atoms with van der Waals surface area (Å²) in [7, 11) is 0. The lowest BCUT2D eigenvalue weighted by atomic mass is 10.2. The third-order valence-electron chi connectivity index (χ3n) is 3.57. The van der Waals surface area contributed by atoms with Gasteiger partial charge in [0.2, 0.25) is 6.10 Å². The number of ether oxygens (including phenoxy) is 3. The molecule has 1 aliphatic heterocycles. The summed E-state index contributed by atoms with van der Waals surface area (Å²) in [6, 6.07) is 12.2. The molecule has 0 spiro atoms. The van der Waals surface area contributed by atoms with E-state index < -0.39 is 24.6 Å². The standard InChI is InChI=1S/C18H16ClNO5/c1-11-6-7-12(8-13(11)19)20-17(21)10-24-18(22)16-9-23-14-4-2-3-5-15(14)25-16/h2-8,16H,9-10H2,1H3,(H,20,21). The molecule has 0 radical (unpaired) electrons. The summed E-state index contributed by atoms with van der Waals surface area (Å²) in [6.45, 7) is 1.47. The Bertz CT molecular complexity index is 808. The van der Waals surface area contributed by atoms with Crippen molar-refractivity contribution in [3.05, 3.63) is 53.1 Å². The number of amides is 1. The minimum atomic E-state index is -0.906. The van der Waals surface area contributed by atoms with Crippen LogP contribution in [-0.2, 0) is 14.3 Å². The van der Waals surface area contributed by atoms with Crippen molar-refractivity contribution >= 4 is 29.2 Å². The molecule has 6 nitrogen and oxygen atoms in total. The lowest BCUT2D eigenvalue weighted by Crippen LogP contribution is -2.39. The lowest BCUT2D eigenvalue weighted by molar-refractivity contribution is -0.156. The summed E-state index contributed by atoms with van der Waals surface area (Å²) >= 11 is 6.00. The molecule has 2 aromatic rings. The largest absolute Gasteiger partial charge is 0.485 e. The van der Waals surface area contributed by atoms with Crippen LogP contribution >= 0.6 is 11.6 Å². The fourth-order valence-corrected chi connectivity index (χ4v) is 2.41. The Labute approximate surface area is 149 Å². The Kier molecular flexibility index (Phi) is 5.09. The molecule has 0 bridgehead atoms. The Morgan fingerprint density at radius 2 is 2.00 bits per heavy atom. The van der Waals surface area contributed by atoms with E-state index >= 15 is 0 Å². The van der Waals surface area contributed by atoms with Crippen LogP contribution in [0, 0.1) is 6.92 Å². The highest BCUT2D eigenvalue weighted by Crippen LogP contribution is 2.31. The number of carbonyl (C=O) groups excluding carboxylic acids is 2. The number of hydrogen-bond acceptors (Lipinski definition) is 5. The van der Waals surface area contributed by atoms with Gasteiger partial charge in [0.05, 0.1) is 0 Å². The Morgan fingerprint density at radius 1 is 1.24 bits per heavy atom. The van der Waals surface area contributed by atoms with Gasteiger partial charge in [-0.05, 0) is 36.8 Å². The van der Waals surface area contributed by atoms with E-state index in [9.17, 15) is 9.59 Å². The maximum Gasteiger partial charge on any atom is 0.351 e. The zero-order valence-electron chi connectivity index (χ0n) is 13.5. The van der Waals surface area contributed by atoms with Gasteiger partial charge in [0.1, 0.15) is 6.61 Å². The van der Waals surface area contributed by atoms with E-state index in [1.54, 1.807) is 36.4 Å². The third-order valence-corrected chi connectivity index (χ3v) is 3.98. The summed E-state index contributed by atoms with van der Waals surface area (Å²) in [5.74, 6) is -0.0908. The molecule has 0 aromatic heterocycles. The molecular weight excluding hydrogens is 346 g/mol. The summed E-state index contributed by atoms with van der Waals surface area (Å²) in [5, 5.41) is 3.15. The van der Waals surface area contributed by atoms with Crippen LogP contribution in [0.1, 0.15) is 5.56 Å². The predicted molar refractivity (Wildman–Crippen MR) is 92.1 cm³/mol. The zero-order chi connectivity index (χ0) is 17.8. The van der Waals surface area contributed by atoms with E-state index in [4.69, 9.17) is 25.8 Å². The highest BCUT2D eigenvalue weighted by atomic mass is 35.5. The monoisotopic (exact) mass is 361 g/mol. The van der Waals surface area contributed by atoms with E-state index in [0.29, 0.717) is 22.2 Å². The molecule has 1 unspecified atom stereocenters. The van der Waals surface area contributed by atoms with Crippen LogP contribution in [0.15, 0.2) is 42.5 Å². The van der Waals surface area contributed by atoms with Gasteiger partial charge in [-0.1, -0.05) is 29.8 Å². The number of nitrogens with one attached hydrogen (secondary N) is 1. The average molecular weight is 362 g/mol. The van der Waals surface area contributed by atoms with Crippen LogP contribution in [0.5, 0.6) is 11.5 Å². The minimum Gasteiger partial charge on any atom is -0.485 e. The first-order valence-electron chi connectivity index (χ1n) is 7.64. The second kappa shape index (κ2) is 7.44. The van der Waals surface area contributed by atoms with Crippen molar-refractivity contribution in [3.63, 3.8) is 0 Å². The van der Waals surface area contributed by atoms with Gasteiger partial charge < -0.3 is 19.5 Å². The molecule has 0 fully saturated rings. The quantitative estimate of drug-likeness (QED) is 0.847. The first-order chi connectivity index (χ1) is 12.0. The molecule has 1 atom stereocenters. The summed E-state index contributed by atoms with van der Waals surface area (Å²) in [6.07, 6.45) is -0.906. The predicted octanol–water partition coefficient (Wildman–Crippen LogP) is 2.97. The van der Waals surface area contributed by atoms with Gasteiger partial charge >= 0.3 is 5.97 Å². The van der Waals surface area contributed by atoms with Crippen molar-refractivity contribution in [3.8, 4) is 11.5 Å². The lowest BCUT2D eigenvalue weighted by Gasteiger charge is -2.24. The SMILES string of the molecule is Cc1ccc(NC(=O)COC(=O)C2COc3ccccc3O2)cc1Cl. The van der Waals surface area contributed by atoms with Crippen molar-refractivity contribution in [2.75, 3.05) is 18.5 Å². The number of halogens is 1. The van der Waals surface area contributed by atoms with Gasteiger partial charge in [-0.15, -0.1) is 0 Å². The minimum absolute atomic E-state index is 0.0328. The van der Waals surface area contributed by atoms with Crippen LogP contribution < -0.4 is 14.8 Å². The van der Waals surface area contributed by atoms with Gasteiger partial charge in [-0.25, -0.2) is 4.79 Å². The van der Waals surface area contributed by atoms with Crippen LogP contribution in [0.3, 0.4) is 0 Å². The smallest absolute Gasteiger partial charge is 0.351 e. The first-order valence-corrected chi connectivity index (χ1v) is 8.02. The van der Waals surface area contributed by atoms with E-state index in [0.717, 1.165) is 5.56 Å². The molecule has 1 heterocycles. The van der Waals surface area contributed by atoms with Gasteiger partial charge in [0.15, 0.2) is 18.1 Å². The second-order valence-corrected chi connectivity index (χ2v) is 5.89. The van der Waals surface area contributed by atoms with Crippen molar-refractivity contribution in [1.82, 2.24) is 0 Å². The molecule has 1 aliphatic rings. The van der Waals surface area contributed by atoms with Crippen LogP contribution in [-0.4, -0.2) is 31.2 Å². The first kappa shape index (κ1) is 17.1. The van der Waals surface area contributed by atoms with E-state index in [1.165, 1.54) is 0 Å². The molecule has 1 amide bonds. The van der Waals surface area contributed by atoms with E-state index in [1.807, 2.05) is 13.0 Å². The summed E-state index contributed by atoms with van der Waals surface area (Å²) < 4.78 is 16.0. The zero-order valence-corrected chi connectivity index (χ0v) is 14.2. The number of fused-ring (bicyclic) bond motifs is 1. The molecule has 2 aromatic carbocycles. The number of esters is 1. The van der Waals surface area contributed by atoms with Gasteiger partial charge in [-0.3, -0.25) is 4.79 Å². The molecule has 25 heavy (non-hydrogen) atoms. The molecule has 3 rings (SSSR count). The number of hydrogen-bond donors (Lipinski definition) is 1. The normalized spacial score (nSPS) is 15.4. The van der Waals surface area contributed by atoms with E-state index in [2.05, 4.69) is 5.32 Å². The molecular formula is C18H16ClNO5. The summed E-state index contributed by atoms with van der Waals surface area (Å²) in [5.41, 5.74) is 1.43. The maximum absolute atomic E-state index is 12.0. The van der Waals surface area contributed by atoms with Crippen molar-refractivity contribution in [2.24, 2.45) is 0 Å². The number of benzene rings is 2. The highest BCUT2D eigenvalue weighted by molar-refractivity contribution is 6.31.